The summed E-state index contributed by atoms with van der Waals surface area (Å²) in [6.07, 6.45) is 0. The van der Waals surface area contributed by atoms with Crippen LogP contribution in [0.4, 0.5) is 0 Å². The predicted octanol–water partition coefficient (Wildman–Crippen LogP) is 1.36. The molecule has 2 aromatic rings. The number of nitrogens with one attached hydrogen (secondary N) is 1. The summed E-state index contributed by atoms with van der Waals surface area (Å²) >= 11 is 2.74. The Morgan fingerprint density at radius 3 is 2.83 bits per heavy atom. The van der Waals surface area contributed by atoms with Crippen LogP contribution >= 0.6 is 23.1 Å². The molecule has 0 saturated heterocycles. The molecule has 0 aromatic carbocycles. The first-order valence-electron chi connectivity index (χ1n) is 7.12. The first-order valence-corrected chi connectivity index (χ1v) is 8.98. The standard InChI is InChI=1S/C14H19N5O2S2/c1-9(2)6-16-12(21)8-23-14-18-17-13(10-4-3-5-22-10)19(14)7-11(15)20/h3-5,9H,6-8H2,1-2H3,(H2,15,20)(H,16,21). The van der Waals surface area contributed by atoms with E-state index in [0.717, 1.165) is 4.88 Å². The molecule has 0 fully saturated rings. The molecule has 23 heavy (non-hydrogen) atoms. The number of hydrogen-bond donors (Lipinski definition) is 2. The van der Waals surface area contributed by atoms with Crippen molar-refractivity contribution >= 4 is 34.9 Å². The fraction of sp³-hybridized carbons (Fsp3) is 0.429. The molecule has 2 rings (SSSR count). The lowest BCUT2D eigenvalue weighted by atomic mass is 10.2. The summed E-state index contributed by atoms with van der Waals surface area (Å²) in [5, 5.41) is 13.5. The minimum atomic E-state index is -0.478. The summed E-state index contributed by atoms with van der Waals surface area (Å²) in [4.78, 5) is 24.0. The zero-order chi connectivity index (χ0) is 16.8. The van der Waals surface area contributed by atoms with E-state index in [0.29, 0.717) is 23.4 Å². The van der Waals surface area contributed by atoms with E-state index in [1.807, 2.05) is 31.4 Å². The summed E-state index contributed by atoms with van der Waals surface area (Å²) in [7, 11) is 0. The van der Waals surface area contributed by atoms with Gasteiger partial charge >= 0.3 is 0 Å². The van der Waals surface area contributed by atoms with E-state index in [9.17, 15) is 9.59 Å². The van der Waals surface area contributed by atoms with Crippen LogP contribution in [0.15, 0.2) is 22.7 Å². The van der Waals surface area contributed by atoms with E-state index in [-0.39, 0.29) is 18.2 Å². The molecule has 0 saturated carbocycles. The number of carbonyl (C=O) groups is 2. The van der Waals surface area contributed by atoms with Gasteiger partial charge in [0.25, 0.3) is 0 Å². The Kier molecular flexibility index (Phi) is 6.17. The fourth-order valence-electron chi connectivity index (χ4n) is 1.78. The Morgan fingerprint density at radius 2 is 2.22 bits per heavy atom. The monoisotopic (exact) mass is 353 g/mol. The summed E-state index contributed by atoms with van der Waals surface area (Å²) < 4.78 is 1.65. The Bertz CT molecular complexity index is 667. The Hall–Kier alpha value is -1.87. The maximum atomic E-state index is 11.8. The van der Waals surface area contributed by atoms with Crippen LogP contribution in [0.5, 0.6) is 0 Å². The van der Waals surface area contributed by atoms with Gasteiger partial charge in [-0.25, -0.2) is 0 Å². The second-order valence-corrected chi connectivity index (χ2v) is 7.21. The van der Waals surface area contributed by atoms with Crippen LogP contribution in [0, 0.1) is 5.92 Å². The third-order valence-electron chi connectivity index (χ3n) is 2.81. The van der Waals surface area contributed by atoms with Crippen LogP contribution < -0.4 is 11.1 Å². The highest BCUT2D eigenvalue weighted by Gasteiger charge is 2.17. The van der Waals surface area contributed by atoms with Gasteiger partial charge in [-0.05, 0) is 17.4 Å². The normalized spacial score (nSPS) is 10.9. The minimum Gasteiger partial charge on any atom is -0.368 e. The van der Waals surface area contributed by atoms with Gasteiger partial charge in [0.1, 0.15) is 6.54 Å². The molecule has 0 spiro atoms. The maximum absolute atomic E-state index is 11.8. The molecule has 7 nitrogen and oxygen atoms in total. The van der Waals surface area contributed by atoms with Crippen molar-refractivity contribution in [2.75, 3.05) is 12.3 Å². The Balaban J connectivity index is 2.09. The summed E-state index contributed by atoms with van der Waals surface area (Å²) in [5.74, 6) is 0.647. The lowest BCUT2D eigenvalue weighted by Gasteiger charge is -2.08. The van der Waals surface area contributed by atoms with Crippen LogP contribution in [-0.4, -0.2) is 38.9 Å². The van der Waals surface area contributed by atoms with Gasteiger partial charge in [0, 0.05) is 6.54 Å². The number of nitrogens with two attached hydrogens (primary N) is 1. The molecule has 2 aromatic heterocycles. The maximum Gasteiger partial charge on any atom is 0.237 e. The van der Waals surface area contributed by atoms with Crippen molar-refractivity contribution in [2.45, 2.75) is 25.5 Å². The van der Waals surface area contributed by atoms with Crippen LogP contribution in [-0.2, 0) is 16.1 Å². The third-order valence-corrected chi connectivity index (χ3v) is 4.64. The van der Waals surface area contributed by atoms with E-state index in [4.69, 9.17) is 5.73 Å². The highest BCUT2D eigenvalue weighted by Crippen LogP contribution is 2.27. The fourth-order valence-corrected chi connectivity index (χ4v) is 3.27. The molecule has 0 aliphatic carbocycles. The molecule has 2 heterocycles. The van der Waals surface area contributed by atoms with E-state index in [1.54, 1.807) is 4.57 Å². The summed E-state index contributed by atoms with van der Waals surface area (Å²) in [6, 6.07) is 3.80. The van der Waals surface area contributed by atoms with Crippen LogP contribution in [0.25, 0.3) is 10.7 Å². The molecule has 0 unspecified atom stereocenters. The number of amides is 2. The van der Waals surface area contributed by atoms with Gasteiger partial charge in [-0.1, -0.05) is 31.7 Å². The minimum absolute atomic E-state index is 0.0177. The zero-order valence-corrected chi connectivity index (χ0v) is 14.6. The molecular weight excluding hydrogens is 334 g/mol. The molecular formula is C14H19N5O2S2. The molecule has 0 aliphatic heterocycles. The van der Waals surface area contributed by atoms with Crippen molar-refractivity contribution in [1.29, 1.82) is 0 Å². The highest BCUT2D eigenvalue weighted by atomic mass is 32.2. The van der Waals surface area contributed by atoms with E-state index < -0.39 is 5.91 Å². The topological polar surface area (TPSA) is 103 Å². The molecule has 0 bridgehead atoms. The van der Waals surface area contributed by atoms with Crippen LogP contribution in [0.2, 0.25) is 0 Å². The Labute approximate surface area is 142 Å². The van der Waals surface area contributed by atoms with Gasteiger partial charge in [-0.3, -0.25) is 14.2 Å². The number of primary amides is 1. The Morgan fingerprint density at radius 1 is 1.43 bits per heavy atom. The quantitative estimate of drug-likeness (QED) is 0.698. The largest absolute Gasteiger partial charge is 0.368 e. The average molecular weight is 353 g/mol. The van der Waals surface area contributed by atoms with Gasteiger partial charge < -0.3 is 11.1 Å². The van der Waals surface area contributed by atoms with Crippen LogP contribution in [0.1, 0.15) is 13.8 Å². The van der Waals surface area contributed by atoms with Gasteiger partial charge in [0.05, 0.1) is 10.6 Å². The van der Waals surface area contributed by atoms with E-state index in [1.165, 1.54) is 23.1 Å². The molecule has 0 radical (unpaired) electrons. The average Bonchev–Trinajstić information content (AvgIpc) is 3.12. The molecule has 3 N–H and O–H groups in total. The second kappa shape index (κ2) is 8.11. The van der Waals surface area contributed by atoms with Gasteiger partial charge in [-0.15, -0.1) is 21.5 Å². The first-order chi connectivity index (χ1) is 11.0. The van der Waals surface area contributed by atoms with Crippen molar-refractivity contribution < 1.29 is 9.59 Å². The summed E-state index contributed by atoms with van der Waals surface area (Å²) in [6.45, 7) is 4.68. The summed E-state index contributed by atoms with van der Waals surface area (Å²) in [5.41, 5.74) is 5.31. The molecule has 2 amide bonds. The molecule has 0 atom stereocenters. The van der Waals surface area contributed by atoms with E-state index in [2.05, 4.69) is 15.5 Å². The van der Waals surface area contributed by atoms with Crippen molar-refractivity contribution in [3.63, 3.8) is 0 Å². The first kappa shape index (κ1) is 17.5. The second-order valence-electron chi connectivity index (χ2n) is 5.32. The van der Waals surface area contributed by atoms with Gasteiger partial charge in [0.2, 0.25) is 11.8 Å². The third kappa shape index (κ3) is 5.07. The molecule has 9 heteroatoms. The van der Waals surface area contributed by atoms with Crippen molar-refractivity contribution in [3.05, 3.63) is 17.5 Å². The highest BCUT2D eigenvalue weighted by molar-refractivity contribution is 7.99. The number of thiophene rings is 1. The number of aromatic nitrogens is 3. The number of hydrogen-bond acceptors (Lipinski definition) is 6. The number of carbonyl (C=O) groups excluding carboxylic acids is 2. The SMILES string of the molecule is CC(C)CNC(=O)CSc1nnc(-c2cccs2)n1CC(N)=O. The van der Waals surface area contributed by atoms with Gasteiger partial charge in [0.15, 0.2) is 11.0 Å². The smallest absolute Gasteiger partial charge is 0.237 e. The lowest BCUT2D eigenvalue weighted by Crippen LogP contribution is -2.29. The van der Waals surface area contributed by atoms with Crippen molar-refractivity contribution in [3.8, 4) is 10.7 Å². The number of thioether (sulfide) groups is 1. The van der Waals surface area contributed by atoms with Gasteiger partial charge in [-0.2, -0.15) is 0 Å². The van der Waals surface area contributed by atoms with E-state index >= 15 is 0 Å². The lowest BCUT2D eigenvalue weighted by molar-refractivity contribution is -0.119. The molecule has 124 valence electrons. The zero-order valence-electron chi connectivity index (χ0n) is 13.0. The predicted molar refractivity (Wildman–Crippen MR) is 91.1 cm³/mol. The van der Waals surface area contributed by atoms with Crippen LogP contribution in [0.3, 0.4) is 0 Å². The number of rotatable bonds is 8. The van der Waals surface area contributed by atoms with Crippen molar-refractivity contribution in [2.24, 2.45) is 11.7 Å². The van der Waals surface area contributed by atoms with Crippen molar-refractivity contribution in [1.82, 2.24) is 20.1 Å². The molecule has 0 aliphatic rings. The number of nitrogens with zero attached hydrogens (tertiary/aromatic N) is 3.